The smallest absolute Gasteiger partial charge is 0.123 e. The Morgan fingerprint density at radius 1 is 1.15 bits per heavy atom. The fraction of sp³-hybridized carbons (Fsp3) is 0.353. The molecule has 1 aromatic heterocycles. The van der Waals surface area contributed by atoms with Gasteiger partial charge in [-0.15, -0.1) is 0 Å². The van der Waals surface area contributed by atoms with Gasteiger partial charge in [-0.2, -0.15) is 0 Å². The molecule has 2 atom stereocenters. The van der Waals surface area contributed by atoms with Crippen molar-refractivity contribution < 1.29 is 4.74 Å². The van der Waals surface area contributed by atoms with Gasteiger partial charge in [0.15, 0.2) is 0 Å². The van der Waals surface area contributed by atoms with Crippen molar-refractivity contribution in [1.82, 2.24) is 10.3 Å². The molecule has 1 unspecified atom stereocenters. The van der Waals surface area contributed by atoms with Crippen molar-refractivity contribution in [3.8, 4) is 5.75 Å². The maximum atomic E-state index is 5.48. The van der Waals surface area contributed by atoms with Crippen molar-refractivity contribution in [3.63, 3.8) is 0 Å². The number of methoxy groups -OCH3 is 1. The SMILES string of the molecule is COc1cc(C)ccc1C(C)N[C@H](C)c1cccnc1. The molecule has 0 radical (unpaired) electrons. The molecule has 1 heterocycles. The molecule has 1 N–H and O–H groups in total. The quantitative estimate of drug-likeness (QED) is 0.897. The second-order valence-electron chi connectivity index (χ2n) is 5.14. The molecule has 2 rings (SSSR count). The van der Waals surface area contributed by atoms with Crippen molar-refractivity contribution in [2.75, 3.05) is 7.11 Å². The average Bonchev–Trinajstić information content (AvgIpc) is 2.47. The molecule has 3 nitrogen and oxygen atoms in total. The highest BCUT2D eigenvalue weighted by atomic mass is 16.5. The summed E-state index contributed by atoms with van der Waals surface area (Å²) in [6.45, 7) is 6.37. The Hall–Kier alpha value is -1.87. The standard InChI is InChI=1S/C17H22N2O/c1-12-7-8-16(17(10-12)20-4)14(3)19-13(2)15-6-5-9-18-11-15/h5-11,13-14,19H,1-4H3/t13-,14?/m1/s1. The largest absolute Gasteiger partial charge is 0.496 e. The molecule has 0 spiro atoms. The van der Waals surface area contributed by atoms with Crippen molar-refractivity contribution >= 4 is 0 Å². The fourth-order valence-corrected chi connectivity index (χ4v) is 2.37. The van der Waals surface area contributed by atoms with Gasteiger partial charge >= 0.3 is 0 Å². The van der Waals surface area contributed by atoms with Gasteiger partial charge in [-0.05, 0) is 44.0 Å². The van der Waals surface area contributed by atoms with Gasteiger partial charge in [0.05, 0.1) is 7.11 Å². The zero-order chi connectivity index (χ0) is 14.5. The summed E-state index contributed by atoms with van der Waals surface area (Å²) in [5, 5.41) is 3.59. The Balaban J connectivity index is 2.14. The number of hydrogen-bond donors (Lipinski definition) is 1. The molecule has 0 saturated heterocycles. The minimum atomic E-state index is 0.209. The number of benzene rings is 1. The van der Waals surface area contributed by atoms with E-state index in [4.69, 9.17) is 4.74 Å². The normalized spacial score (nSPS) is 13.8. The van der Waals surface area contributed by atoms with Crippen LogP contribution >= 0.6 is 0 Å². The van der Waals surface area contributed by atoms with E-state index in [1.165, 1.54) is 16.7 Å². The summed E-state index contributed by atoms with van der Waals surface area (Å²) in [6, 6.07) is 10.8. The molecule has 1 aromatic carbocycles. The third-order valence-corrected chi connectivity index (χ3v) is 3.54. The van der Waals surface area contributed by atoms with Gasteiger partial charge in [-0.1, -0.05) is 18.2 Å². The minimum Gasteiger partial charge on any atom is -0.496 e. The number of nitrogens with zero attached hydrogens (tertiary/aromatic N) is 1. The molecule has 106 valence electrons. The van der Waals surface area contributed by atoms with Crippen LogP contribution in [0, 0.1) is 6.92 Å². The molecule has 0 aliphatic rings. The number of hydrogen-bond acceptors (Lipinski definition) is 3. The molecule has 0 aliphatic heterocycles. The summed E-state index contributed by atoms with van der Waals surface area (Å²) in [7, 11) is 1.72. The Morgan fingerprint density at radius 2 is 1.95 bits per heavy atom. The van der Waals surface area contributed by atoms with E-state index in [-0.39, 0.29) is 12.1 Å². The van der Waals surface area contributed by atoms with Gasteiger partial charge in [0.2, 0.25) is 0 Å². The van der Waals surface area contributed by atoms with E-state index in [0.29, 0.717) is 0 Å². The Kier molecular flexibility index (Phi) is 4.74. The molecule has 2 aromatic rings. The molecule has 0 aliphatic carbocycles. The number of aromatic nitrogens is 1. The Labute approximate surface area is 121 Å². The molecule has 0 amide bonds. The van der Waals surface area contributed by atoms with Gasteiger partial charge in [0, 0.05) is 30.0 Å². The molecular weight excluding hydrogens is 248 g/mol. The lowest BCUT2D eigenvalue weighted by atomic mass is 10.0. The molecule has 20 heavy (non-hydrogen) atoms. The monoisotopic (exact) mass is 270 g/mol. The van der Waals surface area contributed by atoms with E-state index in [0.717, 1.165) is 5.75 Å². The van der Waals surface area contributed by atoms with Crippen LogP contribution in [0.1, 0.15) is 42.6 Å². The highest BCUT2D eigenvalue weighted by Gasteiger charge is 2.14. The fourth-order valence-electron chi connectivity index (χ4n) is 2.37. The highest BCUT2D eigenvalue weighted by Crippen LogP contribution is 2.27. The minimum absolute atomic E-state index is 0.209. The zero-order valence-corrected chi connectivity index (χ0v) is 12.6. The second-order valence-corrected chi connectivity index (χ2v) is 5.14. The van der Waals surface area contributed by atoms with Crippen LogP contribution in [0.5, 0.6) is 5.75 Å². The van der Waals surface area contributed by atoms with Crippen LogP contribution in [0.15, 0.2) is 42.7 Å². The van der Waals surface area contributed by atoms with Gasteiger partial charge in [0.1, 0.15) is 5.75 Å². The van der Waals surface area contributed by atoms with Crippen LogP contribution < -0.4 is 10.1 Å². The van der Waals surface area contributed by atoms with E-state index in [9.17, 15) is 0 Å². The van der Waals surface area contributed by atoms with Crippen LogP contribution in [-0.4, -0.2) is 12.1 Å². The number of pyridine rings is 1. The van der Waals surface area contributed by atoms with E-state index < -0.39 is 0 Å². The predicted molar refractivity (Wildman–Crippen MR) is 81.9 cm³/mol. The first-order valence-electron chi connectivity index (χ1n) is 6.92. The summed E-state index contributed by atoms with van der Waals surface area (Å²) in [5.41, 5.74) is 3.57. The third-order valence-electron chi connectivity index (χ3n) is 3.54. The topological polar surface area (TPSA) is 34.1 Å². The summed E-state index contributed by atoms with van der Waals surface area (Å²) < 4.78 is 5.48. The van der Waals surface area contributed by atoms with Crippen molar-refractivity contribution in [2.24, 2.45) is 0 Å². The van der Waals surface area contributed by atoms with Crippen LogP contribution in [0.25, 0.3) is 0 Å². The van der Waals surface area contributed by atoms with Crippen molar-refractivity contribution in [2.45, 2.75) is 32.9 Å². The number of rotatable bonds is 5. The second kappa shape index (κ2) is 6.53. The van der Waals surface area contributed by atoms with Gasteiger partial charge in [0.25, 0.3) is 0 Å². The predicted octanol–water partition coefficient (Wildman–Crippen LogP) is 3.81. The van der Waals surface area contributed by atoms with E-state index in [1.54, 1.807) is 13.3 Å². The van der Waals surface area contributed by atoms with Crippen molar-refractivity contribution in [3.05, 3.63) is 59.4 Å². The maximum absolute atomic E-state index is 5.48. The zero-order valence-electron chi connectivity index (χ0n) is 12.6. The highest BCUT2D eigenvalue weighted by molar-refractivity contribution is 5.39. The first kappa shape index (κ1) is 14.5. The van der Waals surface area contributed by atoms with Gasteiger partial charge in [-0.25, -0.2) is 0 Å². The van der Waals surface area contributed by atoms with Crippen molar-refractivity contribution in [1.29, 1.82) is 0 Å². The van der Waals surface area contributed by atoms with E-state index in [1.807, 2.05) is 12.3 Å². The Bertz CT molecular complexity index is 554. The van der Waals surface area contributed by atoms with Crippen LogP contribution in [-0.2, 0) is 0 Å². The lowest BCUT2D eigenvalue weighted by Crippen LogP contribution is -2.23. The number of ether oxygens (including phenoxy) is 1. The molecule has 0 fully saturated rings. The first-order valence-corrected chi connectivity index (χ1v) is 6.92. The summed E-state index contributed by atoms with van der Waals surface area (Å²) in [5.74, 6) is 0.934. The number of nitrogens with one attached hydrogen (secondary N) is 1. The first-order chi connectivity index (χ1) is 9.61. The molecule has 0 bridgehead atoms. The lowest BCUT2D eigenvalue weighted by Gasteiger charge is -2.22. The third kappa shape index (κ3) is 3.36. The number of aryl methyl sites for hydroxylation is 1. The summed E-state index contributed by atoms with van der Waals surface area (Å²) in [4.78, 5) is 4.17. The summed E-state index contributed by atoms with van der Waals surface area (Å²) >= 11 is 0. The van der Waals surface area contributed by atoms with Crippen LogP contribution in [0.2, 0.25) is 0 Å². The van der Waals surface area contributed by atoms with Gasteiger partial charge in [-0.3, -0.25) is 4.98 Å². The maximum Gasteiger partial charge on any atom is 0.123 e. The van der Waals surface area contributed by atoms with E-state index >= 15 is 0 Å². The molecule has 0 saturated carbocycles. The van der Waals surface area contributed by atoms with E-state index in [2.05, 4.69) is 55.3 Å². The van der Waals surface area contributed by atoms with Crippen LogP contribution in [0.4, 0.5) is 0 Å². The summed E-state index contributed by atoms with van der Waals surface area (Å²) in [6.07, 6.45) is 3.69. The average molecular weight is 270 g/mol. The molecular formula is C17H22N2O. The Morgan fingerprint density at radius 3 is 2.60 bits per heavy atom. The van der Waals surface area contributed by atoms with Crippen LogP contribution in [0.3, 0.4) is 0 Å². The van der Waals surface area contributed by atoms with Gasteiger partial charge < -0.3 is 10.1 Å². The molecule has 3 heteroatoms. The lowest BCUT2D eigenvalue weighted by molar-refractivity contribution is 0.396.